The summed E-state index contributed by atoms with van der Waals surface area (Å²) in [6.45, 7) is 3.82. The number of benzene rings is 1. The van der Waals surface area contributed by atoms with Crippen LogP contribution in [0.2, 0.25) is 0 Å². The average Bonchev–Trinajstić information content (AvgIpc) is 3.07. The highest BCUT2D eigenvalue weighted by atomic mass is 79.9. The topological polar surface area (TPSA) is 74.6 Å². The monoisotopic (exact) mass is 513 g/mol. The quantitative estimate of drug-likeness (QED) is 0.218. The molecule has 2 aromatic rings. The summed E-state index contributed by atoms with van der Waals surface area (Å²) >= 11 is 6.64. The number of aromatic nitrogens is 1. The van der Waals surface area contributed by atoms with Crippen LogP contribution >= 0.6 is 31.9 Å². The SMILES string of the molecule is CCOC(=O)C(Br)(CCn1ccc(Br)c1C(=O)c1ccccc1)C(=O)OCC. The number of aryl methyl sites for hydroxylation is 1. The maximum Gasteiger partial charge on any atom is 0.334 e. The molecule has 0 saturated carbocycles. The minimum absolute atomic E-state index is 0.0564. The first kappa shape index (κ1) is 22.4. The van der Waals surface area contributed by atoms with Crippen molar-refractivity contribution >= 4 is 49.6 Å². The number of alkyl halides is 1. The van der Waals surface area contributed by atoms with Gasteiger partial charge in [-0.05, 0) is 35.8 Å². The fourth-order valence-corrected chi connectivity index (χ4v) is 3.58. The van der Waals surface area contributed by atoms with Gasteiger partial charge >= 0.3 is 11.9 Å². The molecule has 28 heavy (non-hydrogen) atoms. The number of ether oxygens (including phenoxy) is 2. The summed E-state index contributed by atoms with van der Waals surface area (Å²) in [7, 11) is 0. The molecule has 0 unspecified atom stereocenters. The summed E-state index contributed by atoms with van der Waals surface area (Å²) in [5.74, 6) is -1.59. The molecule has 0 saturated heterocycles. The molecule has 0 bridgehead atoms. The Bertz CT molecular complexity index is 830. The summed E-state index contributed by atoms with van der Waals surface area (Å²) in [4.78, 5) is 37.7. The largest absolute Gasteiger partial charge is 0.465 e. The molecule has 6 nitrogen and oxygen atoms in total. The van der Waals surface area contributed by atoms with E-state index < -0.39 is 16.3 Å². The molecule has 0 radical (unpaired) electrons. The van der Waals surface area contributed by atoms with Crippen molar-refractivity contribution in [3.05, 3.63) is 58.3 Å². The van der Waals surface area contributed by atoms with Crippen LogP contribution in [0.5, 0.6) is 0 Å². The molecule has 1 heterocycles. The lowest BCUT2D eigenvalue weighted by molar-refractivity contribution is -0.158. The van der Waals surface area contributed by atoms with E-state index in [0.717, 1.165) is 0 Å². The lowest BCUT2D eigenvalue weighted by Gasteiger charge is -2.23. The van der Waals surface area contributed by atoms with Gasteiger partial charge in [0.1, 0.15) is 5.69 Å². The number of carbonyl (C=O) groups excluding carboxylic acids is 3. The van der Waals surface area contributed by atoms with Gasteiger partial charge in [0.25, 0.3) is 0 Å². The van der Waals surface area contributed by atoms with Gasteiger partial charge in [-0.1, -0.05) is 46.3 Å². The molecule has 1 aromatic carbocycles. The standard InChI is InChI=1S/C20H21Br2NO5/c1-3-27-18(25)20(22,19(26)28-4-2)11-13-23-12-10-15(21)16(23)17(24)14-8-6-5-7-9-14/h5-10,12H,3-4,11,13H2,1-2H3. The fourth-order valence-electron chi connectivity index (χ4n) is 2.65. The molecule has 0 spiro atoms. The molecule has 0 aliphatic carbocycles. The zero-order valence-corrected chi connectivity index (χ0v) is 18.8. The molecule has 0 amide bonds. The summed E-state index contributed by atoms with van der Waals surface area (Å²) in [5, 5.41) is 0. The Hall–Kier alpha value is -1.93. The third kappa shape index (κ3) is 4.91. The van der Waals surface area contributed by atoms with Crippen molar-refractivity contribution in [2.24, 2.45) is 0 Å². The van der Waals surface area contributed by atoms with E-state index in [-0.39, 0.29) is 32.0 Å². The molecular formula is C20H21Br2NO5. The third-order valence-corrected chi connectivity index (χ3v) is 5.74. The fraction of sp³-hybridized carbons (Fsp3) is 0.350. The number of carbonyl (C=O) groups is 3. The molecule has 0 N–H and O–H groups in total. The highest BCUT2D eigenvalue weighted by molar-refractivity contribution is 9.10. The molecule has 8 heteroatoms. The van der Waals surface area contributed by atoms with Gasteiger partial charge in [0, 0.05) is 29.2 Å². The third-order valence-electron chi connectivity index (χ3n) is 4.06. The Morgan fingerprint density at radius 1 is 1.00 bits per heavy atom. The zero-order valence-electron chi connectivity index (χ0n) is 15.6. The molecule has 0 aliphatic heterocycles. The first-order valence-corrected chi connectivity index (χ1v) is 10.4. The van der Waals surface area contributed by atoms with E-state index >= 15 is 0 Å². The van der Waals surface area contributed by atoms with Crippen LogP contribution in [0.3, 0.4) is 0 Å². The lowest BCUT2D eigenvalue weighted by Crippen LogP contribution is -2.44. The molecule has 0 aliphatic rings. The number of halogens is 2. The van der Waals surface area contributed by atoms with Crippen molar-refractivity contribution < 1.29 is 23.9 Å². The minimum Gasteiger partial charge on any atom is -0.465 e. The zero-order chi connectivity index (χ0) is 20.7. The van der Waals surface area contributed by atoms with Gasteiger partial charge in [0.15, 0.2) is 0 Å². The van der Waals surface area contributed by atoms with Crippen molar-refractivity contribution in [3.63, 3.8) is 0 Å². The number of nitrogens with zero attached hydrogens (tertiary/aromatic N) is 1. The van der Waals surface area contributed by atoms with Crippen molar-refractivity contribution in [1.82, 2.24) is 4.57 Å². The predicted molar refractivity (Wildman–Crippen MR) is 112 cm³/mol. The van der Waals surface area contributed by atoms with Gasteiger partial charge < -0.3 is 14.0 Å². The van der Waals surface area contributed by atoms with E-state index in [9.17, 15) is 14.4 Å². The van der Waals surface area contributed by atoms with Gasteiger partial charge in [-0.15, -0.1) is 0 Å². The van der Waals surface area contributed by atoms with Crippen molar-refractivity contribution in [2.45, 2.75) is 31.1 Å². The second-order valence-electron chi connectivity index (χ2n) is 5.89. The molecule has 1 aromatic heterocycles. The second-order valence-corrected chi connectivity index (χ2v) is 8.10. The van der Waals surface area contributed by atoms with Gasteiger partial charge in [0.2, 0.25) is 10.1 Å². The summed E-state index contributed by atoms with van der Waals surface area (Å²) < 4.78 is 10.8. The maximum atomic E-state index is 12.9. The second kappa shape index (κ2) is 10.0. The number of esters is 2. The Morgan fingerprint density at radius 3 is 2.11 bits per heavy atom. The minimum atomic E-state index is -1.64. The van der Waals surface area contributed by atoms with E-state index in [1.165, 1.54) is 0 Å². The van der Waals surface area contributed by atoms with Crippen LogP contribution in [0.15, 0.2) is 47.1 Å². The Balaban J connectivity index is 2.28. The Labute approximate surface area is 180 Å². The van der Waals surface area contributed by atoms with Crippen molar-refractivity contribution in [2.75, 3.05) is 13.2 Å². The molecule has 0 atom stereocenters. The molecular weight excluding hydrogens is 494 g/mol. The predicted octanol–water partition coefficient (Wildman–Crippen LogP) is 4.13. The van der Waals surface area contributed by atoms with E-state index in [2.05, 4.69) is 31.9 Å². The van der Waals surface area contributed by atoms with E-state index in [1.54, 1.807) is 54.9 Å². The lowest BCUT2D eigenvalue weighted by atomic mass is 10.0. The Kier molecular flexibility index (Phi) is 8.00. The van der Waals surface area contributed by atoms with Crippen LogP contribution in [-0.4, -0.2) is 39.8 Å². The molecule has 0 fully saturated rings. The molecule has 150 valence electrons. The van der Waals surface area contributed by atoms with Crippen LogP contribution in [0, 0.1) is 0 Å². The maximum absolute atomic E-state index is 12.9. The van der Waals surface area contributed by atoms with Crippen molar-refractivity contribution in [1.29, 1.82) is 0 Å². The van der Waals surface area contributed by atoms with Crippen LogP contribution in [0.25, 0.3) is 0 Å². The number of ketones is 1. The van der Waals surface area contributed by atoms with Crippen LogP contribution in [0.4, 0.5) is 0 Å². The van der Waals surface area contributed by atoms with Gasteiger partial charge in [0.05, 0.1) is 13.2 Å². The number of rotatable bonds is 9. The summed E-state index contributed by atoms with van der Waals surface area (Å²) in [6, 6.07) is 10.6. The van der Waals surface area contributed by atoms with Gasteiger partial charge in [-0.2, -0.15) is 0 Å². The van der Waals surface area contributed by atoms with Gasteiger partial charge in [-0.3, -0.25) is 4.79 Å². The van der Waals surface area contributed by atoms with Crippen molar-refractivity contribution in [3.8, 4) is 0 Å². The summed E-state index contributed by atoms with van der Waals surface area (Å²) in [5.41, 5.74) is 0.984. The van der Waals surface area contributed by atoms with Crippen LogP contribution < -0.4 is 0 Å². The van der Waals surface area contributed by atoms with Gasteiger partial charge in [-0.25, -0.2) is 9.59 Å². The average molecular weight is 515 g/mol. The van der Waals surface area contributed by atoms with E-state index in [0.29, 0.717) is 15.7 Å². The van der Waals surface area contributed by atoms with Crippen LogP contribution in [0.1, 0.15) is 36.3 Å². The smallest absolute Gasteiger partial charge is 0.334 e. The first-order valence-electron chi connectivity index (χ1n) is 8.82. The summed E-state index contributed by atoms with van der Waals surface area (Å²) in [6.07, 6.45) is 1.78. The highest BCUT2D eigenvalue weighted by Gasteiger charge is 2.46. The highest BCUT2D eigenvalue weighted by Crippen LogP contribution is 2.29. The van der Waals surface area contributed by atoms with E-state index in [4.69, 9.17) is 9.47 Å². The van der Waals surface area contributed by atoms with Crippen LogP contribution in [-0.2, 0) is 25.6 Å². The van der Waals surface area contributed by atoms with E-state index in [1.807, 2.05) is 6.07 Å². The number of hydrogen-bond donors (Lipinski definition) is 0. The number of hydrogen-bond acceptors (Lipinski definition) is 5. The Morgan fingerprint density at radius 2 is 1.57 bits per heavy atom. The normalized spacial score (nSPS) is 11.1. The molecule has 2 rings (SSSR count). The first-order chi connectivity index (χ1) is 13.3.